The summed E-state index contributed by atoms with van der Waals surface area (Å²) in [5.74, 6) is -0.121. The Hall–Kier alpha value is -1.90. The van der Waals surface area contributed by atoms with Gasteiger partial charge in [0.05, 0.1) is 12.3 Å². The molecule has 1 aromatic rings. The Morgan fingerprint density at radius 2 is 2.41 bits per heavy atom. The summed E-state index contributed by atoms with van der Waals surface area (Å²) < 4.78 is 1.72. The van der Waals surface area contributed by atoms with E-state index in [-0.39, 0.29) is 5.91 Å². The highest BCUT2D eigenvalue weighted by Gasteiger charge is 2.44. The van der Waals surface area contributed by atoms with Gasteiger partial charge in [-0.2, -0.15) is 5.26 Å². The predicted molar refractivity (Wildman–Crippen MR) is 59.5 cm³/mol. The van der Waals surface area contributed by atoms with E-state index in [1.165, 1.54) is 0 Å². The number of carbonyl (C=O) groups excluding carboxylic acids is 1. The number of aryl methyl sites for hydroxylation is 1. The number of nitrogens with one attached hydrogen (secondary N) is 1. The van der Waals surface area contributed by atoms with Gasteiger partial charge in [0.15, 0.2) is 0 Å². The van der Waals surface area contributed by atoms with Gasteiger partial charge in [0.25, 0.3) is 0 Å². The maximum absolute atomic E-state index is 11.8. The summed E-state index contributed by atoms with van der Waals surface area (Å²) in [7, 11) is 0. The van der Waals surface area contributed by atoms with Crippen molar-refractivity contribution in [3.05, 3.63) is 12.4 Å². The van der Waals surface area contributed by atoms with Gasteiger partial charge in [-0.25, -0.2) is 0 Å². The summed E-state index contributed by atoms with van der Waals surface area (Å²) >= 11 is 0. The molecule has 1 N–H and O–H groups in total. The second kappa shape index (κ2) is 4.95. The van der Waals surface area contributed by atoms with Gasteiger partial charge < -0.3 is 5.32 Å². The minimum atomic E-state index is -0.743. The van der Waals surface area contributed by atoms with Crippen LogP contribution in [0.5, 0.6) is 0 Å². The van der Waals surface area contributed by atoms with E-state index >= 15 is 0 Å². The van der Waals surface area contributed by atoms with Gasteiger partial charge in [0.1, 0.15) is 5.41 Å². The fraction of sp³-hybridized carbons (Fsp3) is 0.636. The highest BCUT2D eigenvalue weighted by molar-refractivity contribution is 5.86. The Bertz CT molecular complexity index is 416. The normalized spacial score (nSPS) is 16.9. The first-order chi connectivity index (χ1) is 8.27. The molecule has 0 spiro atoms. The van der Waals surface area contributed by atoms with Gasteiger partial charge in [-0.05, 0) is 25.7 Å². The maximum Gasteiger partial charge on any atom is 0.240 e. The van der Waals surface area contributed by atoms with Crippen molar-refractivity contribution in [3.8, 4) is 6.07 Å². The highest BCUT2D eigenvalue weighted by atomic mass is 16.2. The predicted octanol–water partition coefficient (Wildman–Crippen LogP) is 0.478. The number of nitrogens with zero attached hydrogens (tertiary/aromatic N) is 4. The number of carbonyl (C=O) groups is 1. The Morgan fingerprint density at radius 1 is 1.59 bits per heavy atom. The summed E-state index contributed by atoms with van der Waals surface area (Å²) in [4.78, 5) is 11.8. The van der Waals surface area contributed by atoms with Crippen molar-refractivity contribution < 1.29 is 4.79 Å². The Labute approximate surface area is 99.6 Å². The van der Waals surface area contributed by atoms with Crippen LogP contribution >= 0.6 is 0 Å². The SMILES string of the molecule is N#CC1(C(=O)NCCCn2ccnn2)CCC1. The third kappa shape index (κ3) is 2.44. The van der Waals surface area contributed by atoms with E-state index in [0.29, 0.717) is 19.4 Å². The van der Waals surface area contributed by atoms with Gasteiger partial charge in [-0.1, -0.05) is 5.21 Å². The summed E-state index contributed by atoms with van der Waals surface area (Å²) in [6.45, 7) is 1.29. The lowest BCUT2D eigenvalue weighted by atomic mass is 9.69. The van der Waals surface area contributed by atoms with E-state index in [0.717, 1.165) is 19.4 Å². The van der Waals surface area contributed by atoms with Crippen LogP contribution in [0.15, 0.2) is 12.4 Å². The molecule has 1 saturated carbocycles. The van der Waals surface area contributed by atoms with Crippen LogP contribution < -0.4 is 5.32 Å². The molecule has 17 heavy (non-hydrogen) atoms. The van der Waals surface area contributed by atoms with Gasteiger partial charge in [0.2, 0.25) is 5.91 Å². The van der Waals surface area contributed by atoms with Gasteiger partial charge in [-0.15, -0.1) is 5.10 Å². The molecule has 0 atom stereocenters. The average molecular weight is 233 g/mol. The molecule has 0 aliphatic heterocycles. The lowest BCUT2D eigenvalue weighted by Gasteiger charge is -2.33. The number of amides is 1. The van der Waals surface area contributed by atoms with Crippen LogP contribution in [-0.4, -0.2) is 27.4 Å². The first-order valence-corrected chi connectivity index (χ1v) is 5.80. The first kappa shape index (κ1) is 11.6. The first-order valence-electron chi connectivity index (χ1n) is 5.80. The molecule has 1 aliphatic rings. The van der Waals surface area contributed by atoms with E-state index in [1.807, 2.05) is 0 Å². The summed E-state index contributed by atoms with van der Waals surface area (Å²) in [5.41, 5.74) is -0.743. The van der Waals surface area contributed by atoms with Crippen LogP contribution in [0.1, 0.15) is 25.7 Å². The zero-order chi connectivity index (χ0) is 12.1. The Kier molecular flexibility index (Phi) is 3.38. The van der Waals surface area contributed by atoms with Gasteiger partial charge in [-0.3, -0.25) is 9.48 Å². The molecular formula is C11H15N5O. The van der Waals surface area contributed by atoms with Crippen molar-refractivity contribution in [2.24, 2.45) is 5.41 Å². The largest absolute Gasteiger partial charge is 0.355 e. The number of rotatable bonds is 5. The molecule has 0 radical (unpaired) electrons. The molecule has 1 aliphatic carbocycles. The summed E-state index contributed by atoms with van der Waals surface area (Å²) in [6.07, 6.45) is 6.55. The molecule has 2 rings (SSSR count). The zero-order valence-corrected chi connectivity index (χ0v) is 9.59. The number of hydrogen-bond donors (Lipinski definition) is 1. The van der Waals surface area contributed by atoms with E-state index in [1.54, 1.807) is 17.1 Å². The van der Waals surface area contributed by atoms with Crippen LogP contribution in [0, 0.1) is 16.7 Å². The molecule has 0 unspecified atom stereocenters. The molecular weight excluding hydrogens is 218 g/mol. The van der Waals surface area contributed by atoms with Crippen molar-refractivity contribution in [2.45, 2.75) is 32.2 Å². The molecule has 90 valence electrons. The van der Waals surface area contributed by atoms with Crippen molar-refractivity contribution >= 4 is 5.91 Å². The van der Waals surface area contributed by atoms with Crippen molar-refractivity contribution in [2.75, 3.05) is 6.54 Å². The molecule has 6 heteroatoms. The third-order valence-corrected chi connectivity index (χ3v) is 3.18. The van der Waals surface area contributed by atoms with Crippen LogP contribution in [0.4, 0.5) is 0 Å². The maximum atomic E-state index is 11.8. The van der Waals surface area contributed by atoms with Crippen molar-refractivity contribution in [3.63, 3.8) is 0 Å². The highest BCUT2D eigenvalue weighted by Crippen LogP contribution is 2.40. The lowest BCUT2D eigenvalue weighted by molar-refractivity contribution is -0.131. The molecule has 0 bridgehead atoms. The number of hydrogen-bond acceptors (Lipinski definition) is 4. The fourth-order valence-corrected chi connectivity index (χ4v) is 1.88. The number of nitriles is 1. The fourth-order valence-electron chi connectivity index (χ4n) is 1.88. The molecule has 1 amide bonds. The molecule has 6 nitrogen and oxygen atoms in total. The molecule has 1 heterocycles. The second-order valence-electron chi connectivity index (χ2n) is 4.32. The lowest BCUT2D eigenvalue weighted by Crippen LogP contribution is -2.45. The molecule has 0 saturated heterocycles. The van der Waals surface area contributed by atoms with Crippen molar-refractivity contribution in [1.29, 1.82) is 5.26 Å². The topological polar surface area (TPSA) is 83.6 Å². The van der Waals surface area contributed by atoms with Crippen LogP contribution in [0.25, 0.3) is 0 Å². The third-order valence-electron chi connectivity index (χ3n) is 3.18. The van der Waals surface area contributed by atoms with E-state index in [2.05, 4.69) is 21.7 Å². The van der Waals surface area contributed by atoms with Crippen LogP contribution in [0.2, 0.25) is 0 Å². The summed E-state index contributed by atoms with van der Waals surface area (Å²) in [6, 6.07) is 2.13. The monoisotopic (exact) mass is 233 g/mol. The standard InChI is InChI=1S/C11H15N5O/c12-9-11(3-1-4-11)10(17)13-5-2-7-16-8-6-14-15-16/h6,8H,1-5,7H2,(H,13,17). The minimum Gasteiger partial charge on any atom is -0.355 e. The van der Waals surface area contributed by atoms with Crippen LogP contribution in [0.3, 0.4) is 0 Å². The zero-order valence-electron chi connectivity index (χ0n) is 9.59. The molecule has 1 fully saturated rings. The number of aromatic nitrogens is 3. The van der Waals surface area contributed by atoms with Gasteiger partial charge >= 0.3 is 0 Å². The van der Waals surface area contributed by atoms with E-state index in [9.17, 15) is 4.79 Å². The average Bonchev–Trinajstić information content (AvgIpc) is 2.76. The summed E-state index contributed by atoms with van der Waals surface area (Å²) in [5, 5.41) is 19.3. The Morgan fingerprint density at radius 3 is 2.94 bits per heavy atom. The molecule has 0 aromatic carbocycles. The molecule has 1 aromatic heterocycles. The quantitative estimate of drug-likeness (QED) is 0.750. The van der Waals surface area contributed by atoms with E-state index in [4.69, 9.17) is 5.26 Å². The smallest absolute Gasteiger partial charge is 0.240 e. The van der Waals surface area contributed by atoms with Gasteiger partial charge in [0, 0.05) is 19.3 Å². The van der Waals surface area contributed by atoms with Crippen LogP contribution in [-0.2, 0) is 11.3 Å². The minimum absolute atomic E-state index is 0.121. The van der Waals surface area contributed by atoms with Crippen molar-refractivity contribution in [1.82, 2.24) is 20.3 Å². The second-order valence-corrected chi connectivity index (χ2v) is 4.32. The van der Waals surface area contributed by atoms with E-state index < -0.39 is 5.41 Å². The Balaban J connectivity index is 1.69.